The molecule has 0 bridgehead atoms. The predicted octanol–water partition coefficient (Wildman–Crippen LogP) is 11.6. The summed E-state index contributed by atoms with van der Waals surface area (Å²) in [5.41, 5.74) is 12.5. The van der Waals surface area contributed by atoms with Crippen LogP contribution in [0.1, 0.15) is 133 Å². The minimum atomic E-state index is -0.634. The maximum Gasteiger partial charge on any atom is 0.267 e. The number of hydrogen-bond acceptors (Lipinski definition) is 19. The average Bonchev–Trinajstić information content (AvgIpc) is 1.29. The molecule has 12 aromatic heterocycles. The first-order valence-electron chi connectivity index (χ1n) is 37.5. The molecule has 0 spiro atoms. The summed E-state index contributed by atoms with van der Waals surface area (Å²) >= 11 is 1.43. The SMILES string of the molecule is C=C(N[C@@H](C)c1nc2cccc(C#Cc3cnn(C)c3)c2c(=O)n1-c1ccccc1)c1cnn2cccnc12.Cc1nn2cccnc2c1C(=O)N[C@@H](C)c1nc2cccc(C#Cc3cnc(C)n3C)c2c(=O)n1-c1ccccc1.Cc1nn2cccnc2c1C(=O)N[C@@H](C)c1nc2cccc(C#Cc3cncs3)c2c(=O)n1-c1ccccc1. The van der Waals surface area contributed by atoms with Crippen LogP contribution in [0.15, 0.2) is 258 Å². The van der Waals surface area contributed by atoms with Gasteiger partial charge in [-0.2, -0.15) is 20.4 Å². The highest BCUT2D eigenvalue weighted by Crippen LogP contribution is 2.28. The van der Waals surface area contributed by atoms with Crippen molar-refractivity contribution >= 4 is 78.5 Å². The second kappa shape index (κ2) is 33.1. The molecule has 0 unspecified atom stereocenters. The number of fused-ring (bicyclic) bond motifs is 6. The number of hydrogen-bond donors (Lipinski definition) is 3. The van der Waals surface area contributed by atoms with E-state index in [4.69, 9.17) is 15.0 Å². The van der Waals surface area contributed by atoms with Crippen molar-refractivity contribution < 1.29 is 9.59 Å². The number of aryl methyl sites for hydroxylation is 4. The Balaban J connectivity index is 0.000000133. The Bertz CT molecular complexity index is 7410. The smallest absolute Gasteiger partial charge is 0.267 e. The van der Waals surface area contributed by atoms with Gasteiger partial charge in [-0.1, -0.05) is 103 Å². The molecule has 0 saturated heterocycles. The molecule has 0 radical (unpaired) electrons. The van der Waals surface area contributed by atoms with Crippen LogP contribution in [0.4, 0.5) is 0 Å². The summed E-state index contributed by atoms with van der Waals surface area (Å²) in [6, 6.07) is 48.0. The summed E-state index contributed by atoms with van der Waals surface area (Å²) < 4.78 is 13.1. The van der Waals surface area contributed by atoms with Crippen LogP contribution in [0, 0.1) is 56.3 Å². The number of para-hydroxylation sites is 3. The molecule has 12 heterocycles. The number of carbonyl (C=O) groups is 2. The Labute approximate surface area is 682 Å². The Hall–Kier alpha value is -16.2. The van der Waals surface area contributed by atoms with Crippen molar-refractivity contribution in [2.24, 2.45) is 14.1 Å². The zero-order chi connectivity index (χ0) is 82.5. The van der Waals surface area contributed by atoms with Gasteiger partial charge in [0.25, 0.3) is 28.5 Å². The van der Waals surface area contributed by atoms with Gasteiger partial charge in [0.05, 0.1) is 126 Å². The first-order valence-corrected chi connectivity index (χ1v) is 38.4. The molecule has 6 aromatic carbocycles. The van der Waals surface area contributed by atoms with Crippen molar-refractivity contribution in [2.45, 2.75) is 59.7 Å². The molecule has 28 nitrogen and oxygen atoms in total. The Morgan fingerprint density at radius 1 is 0.454 bits per heavy atom. The highest BCUT2D eigenvalue weighted by molar-refractivity contribution is 7.10. The number of imidazole rings is 1. The van der Waals surface area contributed by atoms with Crippen LogP contribution in [-0.2, 0) is 14.1 Å². The summed E-state index contributed by atoms with van der Waals surface area (Å²) in [4.78, 5) is 106. The topological polar surface area (TPSA) is 314 Å². The van der Waals surface area contributed by atoms with E-state index in [2.05, 4.69) is 103 Å². The van der Waals surface area contributed by atoms with Crippen molar-refractivity contribution in [3.8, 4) is 52.6 Å². The minimum Gasteiger partial charge on any atom is -0.375 e. The first kappa shape index (κ1) is 76.8. The number of nitrogens with one attached hydrogen (secondary N) is 3. The van der Waals surface area contributed by atoms with Gasteiger partial charge in [0.1, 0.15) is 40.1 Å². The van der Waals surface area contributed by atoms with Crippen molar-refractivity contribution in [3.63, 3.8) is 0 Å². The monoisotopic (exact) mass is 1590 g/mol. The van der Waals surface area contributed by atoms with E-state index >= 15 is 0 Å². The molecular formula is C90H71N23O5S. The fraction of sp³-hybridized carbons (Fsp3) is 0.122. The average molecular weight is 1590 g/mol. The molecule has 3 N–H and O–H groups in total. The van der Waals surface area contributed by atoms with Crippen molar-refractivity contribution in [3.05, 3.63) is 359 Å². The summed E-state index contributed by atoms with van der Waals surface area (Å²) in [5.74, 6) is 20.2. The molecule has 18 aromatic rings. The van der Waals surface area contributed by atoms with Crippen LogP contribution >= 0.6 is 11.3 Å². The number of amides is 2. The minimum absolute atomic E-state index is 0.200. The van der Waals surface area contributed by atoms with E-state index < -0.39 is 12.1 Å². The second-order valence-corrected chi connectivity index (χ2v) is 28.5. The maximum absolute atomic E-state index is 14.2. The van der Waals surface area contributed by atoms with Crippen molar-refractivity contribution in [2.75, 3.05) is 0 Å². The lowest BCUT2D eigenvalue weighted by Crippen LogP contribution is -2.33. The number of aromatic nitrogens is 20. The fourth-order valence-corrected chi connectivity index (χ4v) is 14.3. The molecule has 0 saturated carbocycles. The van der Waals surface area contributed by atoms with E-state index in [0.29, 0.717) is 129 Å². The molecule has 29 heteroatoms. The molecule has 3 atom stereocenters. The lowest BCUT2D eigenvalue weighted by atomic mass is 10.1. The van der Waals surface area contributed by atoms with E-state index in [1.807, 2.05) is 178 Å². The zero-order valence-corrected chi connectivity index (χ0v) is 66.2. The molecule has 2 amide bonds. The number of carbonyl (C=O) groups excluding carboxylic acids is 2. The molecule has 0 fully saturated rings. The number of rotatable bonds is 13. The van der Waals surface area contributed by atoms with E-state index in [1.165, 1.54) is 20.5 Å². The van der Waals surface area contributed by atoms with Gasteiger partial charge in [-0.25, -0.2) is 48.4 Å². The third-order valence-electron chi connectivity index (χ3n) is 19.6. The maximum atomic E-state index is 14.2. The second-order valence-electron chi connectivity index (χ2n) is 27.6. The van der Waals surface area contributed by atoms with E-state index in [9.17, 15) is 24.0 Å². The van der Waals surface area contributed by atoms with E-state index in [0.717, 1.165) is 27.5 Å². The normalized spacial score (nSPS) is 11.8. The van der Waals surface area contributed by atoms with Crippen molar-refractivity contribution in [1.82, 2.24) is 113 Å². The Morgan fingerprint density at radius 3 is 1.32 bits per heavy atom. The van der Waals surface area contributed by atoms with Crippen LogP contribution in [0.3, 0.4) is 0 Å². The summed E-state index contributed by atoms with van der Waals surface area (Å²) in [7, 11) is 3.73. The predicted molar refractivity (Wildman–Crippen MR) is 454 cm³/mol. The van der Waals surface area contributed by atoms with Crippen LogP contribution < -0.4 is 32.6 Å². The van der Waals surface area contributed by atoms with Gasteiger partial charge in [-0.3, -0.25) is 47.3 Å². The van der Waals surface area contributed by atoms with Gasteiger partial charge >= 0.3 is 0 Å². The van der Waals surface area contributed by atoms with Crippen LogP contribution in [0.5, 0.6) is 0 Å². The lowest BCUT2D eigenvalue weighted by Gasteiger charge is -2.21. The van der Waals surface area contributed by atoms with E-state index in [1.54, 1.807) is 142 Å². The van der Waals surface area contributed by atoms with Crippen LogP contribution in [0.25, 0.3) is 72.4 Å². The largest absolute Gasteiger partial charge is 0.375 e. The van der Waals surface area contributed by atoms with Gasteiger partial charge in [-0.15, -0.1) is 11.3 Å². The molecule has 119 heavy (non-hydrogen) atoms. The molecule has 0 aliphatic carbocycles. The third kappa shape index (κ3) is 15.5. The fourth-order valence-electron chi connectivity index (χ4n) is 13.8. The molecular weight excluding hydrogens is 1520 g/mol. The van der Waals surface area contributed by atoms with Crippen molar-refractivity contribution in [1.29, 1.82) is 0 Å². The van der Waals surface area contributed by atoms with Gasteiger partial charge in [0, 0.05) is 79.9 Å². The number of benzene rings is 6. The summed E-state index contributed by atoms with van der Waals surface area (Å²) in [6.45, 7) is 15.2. The summed E-state index contributed by atoms with van der Waals surface area (Å²) in [5, 5.41) is 28.0. The Kier molecular flexibility index (Phi) is 21.4. The third-order valence-corrected chi connectivity index (χ3v) is 20.3. The van der Waals surface area contributed by atoms with Gasteiger partial charge in [-0.05, 0) is 144 Å². The first-order chi connectivity index (χ1) is 57.8. The highest BCUT2D eigenvalue weighted by Gasteiger charge is 2.28. The van der Waals surface area contributed by atoms with Crippen LogP contribution in [0.2, 0.25) is 0 Å². The molecule has 582 valence electrons. The highest BCUT2D eigenvalue weighted by atomic mass is 32.1. The van der Waals surface area contributed by atoms with Gasteiger partial charge in [0.15, 0.2) is 16.9 Å². The van der Waals surface area contributed by atoms with Gasteiger partial charge in [0.2, 0.25) is 0 Å². The number of thiazole rings is 1. The van der Waals surface area contributed by atoms with Crippen LogP contribution in [-0.4, -0.2) is 109 Å². The standard InChI is InChI=1S/C31H26N8O2.C30H24N8O.C29H21N7O2S/c1-19-26(29-32-16-9-17-38(29)36-19)30(40)34-20(2)28-35-25-13-8-10-22(14-15-24-18-33-21(3)37(24)4)27(25)31(41)39(28)23-11-6-5-7-12-23;1-20(25-18-33-37-16-8-15-31-29(25)37)34-21(2)28-35-26-12-7-9-23(14-13-22-17-32-36(3)19-22)27(26)30(39)38(28)24-10-5-4-6-11-24;1-18-24(27-31-14-7-15-35(27)34-18)28(37)32-19(2)26-33-23-11-6-8-20(12-13-22-16-30-17-39-22)25(23)29(38)36(26)21-9-4-3-5-10-21/h5-13,16-18,20H,1-4H3,(H,34,40);4-12,15-19,21,34H,1H2,2-3H3;3-11,14-17,19H,1-2H3,(H,32,37)/t20-;21-;19-/m000/s1. The quantitative estimate of drug-likeness (QED) is 0.0903. The van der Waals surface area contributed by atoms with Gasteiger partial charge < -0.3 is 20.5 Å². The zero-order valence-electron chi connectivity index (χ0n) is 65.3. The molecule has 0 aliphatic heterocycles. The number of nitrogens with zero attached hydrogens (tertiary/aromatic N) is 20. The summed E-state index contributed by atoms with van der Waals surface area (Å²) in [6.07, 6.45) is 18.9. The Morgan fingerprint density at radius 2 is 0.891 bits per heavy atom. The van der Waals surface area contributed by atoms with E-state index in [-0.39, 0.29) is 34.5 Å². The lowest BCUT2D eigenvalue weighted by molar-refractivity contribution is 0.0930. The molecule has 18 rings (SSSR count). The molecule has 0 aliphatic rings.